The Labute approximate surface area is 197 Å². The first-order valence-electron chi connectivity index (χ1n) is 11.6. The monoisotopic (exact) mass is 479 g/mol. The van der Waals surface area contributed by atoms with Crippen molar-refractivity contribution in [2.24, 2.45) is 17.3 Å². The normalized spacial score (nSPS) is 20.1. The minimum absolute atomic E-state index is 0.0406. The Balaban J connectivity index is 1.80. The van der Waals surface area contributed by atoms with Crippen LogP contribution in [-0.2, 0) is 4.79 Å². The van der Waals surface area contributed by atoms with Crippen molar-refractivity contribution in [3.63, 3.8) is 0 Å². The molecule has 0 spiro atoms. The van der Waals surface area contributed by atoms with Crippen LogP contribution in [0, 0.1) is 17.3 Å². The first kappa shape index (κ1) is 25.8. The van der Waals surface area contributed by atoms with Crippen molar-refractivity contribution in [2.75, 3.05) is 6.61 Å². The molecule has 34 heavy (non-hydrogen) atoms. The molecule has 0 unspecified atom stereocenters. The van der Waals surface area contributed by atoms with Crippen LogP contribution in [0.5, 0.6) is 5.75 Å². The molecule has 1 aliphatic carbocycles. The number of rotatable bonds is 7. The van der Waals surface area contributed by atoms with Gasteiger partial charge in [-0.1, -0.05) is 51.1 Å². The molecule has 8 heteroatoms. The molecule has 2 aromatic carbocycles. The number of fused-ring (bicyclic) bond motifs is 1. The van der Waals surface area contributed by atoms with Crippen LogP contribution < -0.4 is 10.1 Å². The smallest absolute Gasteiger partial charge is 0.391 e. The summed E-state index contributed by atoms with van der Waals surface area (Å²) in [7, 11) is 0. The van der Waals surface area contributed by atoms with Gasteiger partial charge in [0.1, 0.15) is 11.8 Å². The third kappa shape index (κ3) is 6.64. The second-order valence-electron chi connectivity index (χ2n) is 10.4. The average molecular weight is 480 g/mol. The van der Waals surface area contributed by atoms with E-state index in [1.54, 1.807) is 12.1 Å². The third-order valence-corrected chi connectivity index (χ3v) is 6.32. The van der Waals surface area contributed by atoms with Gasteiger partial charge in [0.15, 0.2) is 0 Å². The third-order valence-electron chi connectivity index (χ3n) is 6.32. The summed E-state index contributed by atoms with van der Waals surface area (Å²) >= 11 is 0. The van der Waals surface area contributed by atoms with Gasteiger partial charge in [0.25, 0.3) is 5.91 Å². The molecular weight excluding hydrogens is 447 g/mol. The molecule has 0 aliphatic heterocycles. The zero-order valence-electron chi connectivity index (χ0n) is 19.7. The van der Waals surface area contributed by atoms with Crippen molar-refractivity contribution < 1.29 is 32.6 Å². The van der Waals surface area contributed by atoms with E-state index >= 15 is 0 Å². The quantitative estimate of drug-likeness (QED) is 0.495. The number of hydrogen-bond acceptors (Lipinski definition) is 3. The number of carboxylic acids is 1. The Hall–Kier alpha value is -2.77. The summed E-state index contributed by atoms with van der Waals surface area (Å²) in [4.78, 5) is 24.9. The lowest BCUT2D eigenvalue weighted by Gasteiger charge is -2.30. The van der Waals surface area contributed by atoms with Crippen LogP contribution in [0.4, 0.5) is 13.2 Å². The number of amides is 1. The van der Waals surface area contributed by atoms with Crippen molar-refractivity contribution in [3.8, 4) is 5.75 Å². The number of carbonyl (C=O) groups excluding carboxylic acids is 1. The largest absolute Gasteiger partial charge is 0.492 e. The number of carboxylic acid groups (broad SMARTS) is 1. The lowest BCUT2D eigenvalue weighted by atomic mass is 9.82. The van der Waals surface area contributed by atoms with Crippen molar-refractivity contribution in [1.82, 2.24) is 5.32 Å². The zero-order chi connectivity index (χ0) is 25.1. The lowest BCUT2D eigenvalue weighted by molar-refractivity contribution is -0.184. The van der Waals surface area contributed by atoms with Crippen molar-refractivity contribution in [2.45, 2.75) is 65.1 Å². The predicted octanol–water partition coefficient (Wildman–Crippen LogP) is 6.21. The molecule has 0 bridgehead atoms. The van der Waals surface area contributed by atoms with Gasteiger partial charge in [0.05, 0.1) is 18.1 Å². The SMILES string of the molecule is CC(C)(C)C[C@H](NC(=O)c1ccc2ccccc2c1OC[C@H]1CC[C@H](C(F)(F)F)CC1)C(=O)O. The highest BCUT2D eigenvalue weighted by atomic mass is 19.4. The van der Waals surface area contributed by atoms with E-state index in [0.29, 0.717) is 24.0 Å². The molecule has 5 nitrogen and oxygen atoms in total. The Morgan fingerprint density at radius 3 is 2.29 bits per heavy atom. The number of alkyl halides is 3. The van der Waals surface area contributed by atoms with E-state index in [9.17, 15) is 27.9 Å². The van der Waals surface area contributed by atoms with Crippen LogP contribution in [0.15, 0.2) is 36.4 Å². The van der Waals surface area contributed by atoms with Gasteiger partial charge in [-0.2, -0.15) is 13.2 Å². The van der Waals surface area contributed by atoms with Crippen molar-refractivity contribution >= 4 is 22.6 Å². The average Bonchev–Trinajstić information content (AvgIpc) is 2.75. The Morgan fingerprint density at radius 1 is 1.06 bits per heavy atom. The van der Waals surface area contributed by atoms with Gasteiger partial charge in [0, 0.05) is 5.39 Å². The zero-order valence-corrected chi connectivity index (χ0v) is 19.7. The van der Waals surface area contributed by atoms with Crippen molar-refractivity contribution in [1.29, 1.82) is 0 Å². The molecule has 2 N–H and O–H groups in total. The summed E-state index contributed by atoms with van der Waals surface area (Å²) in [5.74, 6) is -2.65. The maximum absolute atomic E-state index is 13.1. The highest BCUT2D eigenvalue weighted by Gasteiger charge is 2.41. The molecule has 0 aromatic heterocycles. The fraction of sp³-hybridized carbons (Fsp3) is 0.538. The summed E-state index contributed by atoms with van der Waals surface area (Å²) in [5, 5.41) is 13.8. The molecule has 0 heterocycles. The van der Waals surface area contributed by atoms with Crippen LogP contribution in [0.2, 0.25) is 0 Å². The minimum Gasteiger partial charge on any atom is -0.492 e. The molecule has 1 aliphatic rings. The Bertz CT molecular complexity index is 1020. The fourth-order valence-electron chi connectivity index (χ4n) is 4.48. The van der Waals surface area contributed by atoms with Crippen molar-refractivity contribution in [3.05, 3.63) is 42.0 Å². The highest BCUT2D eigenvalue weighted by molar-refractivity contribution is 6.04. The Kier molecular flexibility index (Phi) is 7.78. The molecule has 186 valence electrons. The summed E-state index contributed by atoms with van der Waals surface area (Å²) in [6, 6.07) is 9.65. The van der Waals surface area contributed by atoms with Gasteiger partial charge in [0.2, 0.25) is 0 Å². The van der Waals surface area contributed by atoms with E-state index in [0.717, 1.165) is 5.39 Å². The van der Waals surface area contributed by atoms with E-state index in [1.165, 1.54) is 0 Å². The second kappa shape index (κ2) is 10.2. The van der Waals surface area contributed by atoms with Crippen LogP contribution in [0.1, 0.15) is 63.2 Å². The minimum atomic E-state index is -4.17. The number of nitrogens with one attached hydrogen (secondary N) is 1. The van der Waals surface area contributed by atoms with Gasteiger partial charge in [-0.15, -0.1) is 0 Å². The summed E-state index contributed by atoms with van der Waals surface area (Å²) < 4.78 is 45.0. The van der Waals surface area contributed by atoms with Crippen LogP contribution in [0.25, 0.3) is 10.8 Å². The topological polar surface area (TPSA) is 75.6 Å². The van der Waals surface area contributed by atoms with Gasteiger partial charge in [-0.3, -0.25) is 4.79 Å². The fourth-order valence-corrected chi connectivity index (χ4v) is 4.48. The van der Waals surface area contributed by atoms with Crippen LogP contribution in [0.3, 0.4) is 0 Å². The molecule has 1 fully saturated rings. The molecule has 1 saturated carbocycles. The molecule has 3 rings (SSSR count). The summed E-state index contributed by atoms with van der Waals surface area (Å²) in [6.45, 7) is 5.89. The van der Waals surface area contributed by atoms with Crippen LogP contribution in [-0.4, -0.2) is 35.8 Å². The summed E-state index contributed by atoms with van der Waals surface area (Å²) in [6.07, 6.45) is -2.95. The molecule has 1 amide bonds. The number of benzene rings is 2. The molecule has 2 aromatic rings. The lowest BCUT2D eigenvalue weighted by Crippen LogP contribution is -2.43. The van der Waals surface area contributed by atoms with E-state index in [2.05, 4.69) is 5.32 Å². The maximum atomic E-state index is 13.1. The molecular formula is C26H32F3NO4. The summed E-state index contributed by atoms with van der Waals surface area (Å²) in [5.41, 5.74) is -0.100. The van der Waals surface area contributed by atoms with E-state index < -0.39 is 30.0 Å². The number of hydrogen-bond donors (Lipinski definition) is 2. The number of halogens is 3. The standard InChI is InChI=1S/C26H32F3NO4/c1-25(2,3)14-21(24(32)33)30-23(31)20-13-10-17-6-4-5-7-19(17)22(20)34-15-16-8-11-18(12-9-16)26(27,28)29/h4-7,10,13,16,18,21H,8-9,11-12,14-15H2,1-3H3,(H,30,31)(H,32,33)/t16-,18-,21-/m0/s1. The van der Waals surface area contributed by atoms with Gasteiger partial charge < -0.3 is 15.2 Å². The van der Waals surface area contributed by atoms with Gasteiger partial charge in [-0.25, -0.2) is 4.79 Å². The first-order chi connectivity index (χ1) is 15.8. The number of aliphatic carboxylic acids is 1. The maximum Gasteiger partial charge on any atom is 0.391 e. The number of carbonyl (C=O) groups is 2. The predicted molar refractivity (Wildman–Crippen MR) is 124 cm³/mol. The molecule has 0 saturated heterocycles. The molecule has 0 radical (unpaired) electrons. The van der Waals surface area contributed by atoms with E-state index in [-0.39, 0.29) is 42.8 Å². The van der Waals surface area contributed by atoms with Gasteiger partial charge in [-0.05, 0) is 54.9 Å². The van der Waals surface area contributed by atoms with Crippen LogP contribution >= 0.6 is 0 Å². The second-order valence-corrected chi connectivity index (χ2v) is 10.4. The highest BCUT2D eigenvalue weighted by Crippen LogP contribution is 2.40. The van der Waals surface area contributed by atoms with E-state index in [4.69, 9.17) is 4.74 Å². The molecule has 1 atom stereocenters. The Morgan fingerprint density at radius 2 is 1.71 bits per heavy atom. The van der Waals surface area contributed by atoms with E-state index in [1.807, 2.05) is 45.0 Å². The first-order valence-corrected chi connectivity index (χ1v) is 11.6. The number of ether oxygens (including phenoxy) is 1. The van der Waals surface area contributed by atoms with Gasteiger partial charge >= 0.3 is 12.1 Å².